The van der Waals surface area contributed by atoms with Crippen molar-refractivity contribution in [2.45, 2.75) is 31.7 Å². The number of rotatable bonds is 5. The maximum absolute atomic E-state index is 12.4. The molecule has 8 heteroatoms. The highest BCUT2D eigenvalue weighted by Gasteiger charge is 2.35. The second kappa shape index (κ2) is 6.59. The fourth-order valence-electron chi connectivity index (χ4n) is 2.93. The van der Waals surface area contributed by atoms with Gasteiger partial charge in [-0.15, -0.1) is 0 Å². The molecule has 1 N–H and O–H groups in total. The van der Waals surface area contributed by atoms with Gasteiger partial charge in [-0.25, -0.2) is 0 Å². The molecule has 1 aliphatic carbocycles. The SMILES string of the molecule is O=C(NCc1nc(C2CC2)no1)C1CC(=O)N(c2cccc(Br)c2)C1. The molecule has 4 rings (SSSR count). The summed E-state index contributed by atoms with van der Waals surface area (Å²) >= 11 is 3.40. The number of amides is 2. The van der Waals surface area contributed by atoms with E-state index in [0.717, 1.165) is 28.8 Å². The van der Waals surface area contributed by atoms with Gasteiger partial charge in [0.25, 0.3) is 0 Å². The third-order valence-electron chi connectivity index (χ3n) is 4.46. The summed E-state index contributed by atoms with van der Waals surface area (Å²) in [6, 6.07) is 7.50. The van der Waals surface area contributed by atoms with Gasteiger partial charge >= 0.3 is 0 Å². The third kappa shape index (κ3) is 3.58. The van der Waals surface area contributed by atoms with Crippen molar-refractivity contribution >= 4 is 33.4 Å². The Morgan fingerprint density at radius 3 is 3.00 bits per heavy atom. The van der Waals surface area contributed by atoms with Crippen LogP contribution in [0.3, 0.4) is 0 Å². The van der Waals surface area contributed by atoms with Crippen LogP contribution in [-0.4, -0.2) is 28.5 Å². The first-order chi connectivity index (χ1) is 12.1. The average molecular weight is 405 g/mol. The van der Waals surface area contributed by atoms with E-state index in [-0.39, 0.29) is 30.7 Å². The molecule has 0 bridgehead atoms. The third-order valence-corrected chi connectivity index (χ3v) is 4.95. The zero-order valence-electron chi connectivity index (χ0n) is 13.4. The molecule has 2 fully saturated rings. The Morgan fingerprint density at radius 2 is 2.24 bits per heavy atom. The Bertz CT molecular complexity index is 818. The van der Waals surface area contributed by atoms with Gasteiger partial charge in [0.1, 0.15) is 0 Å². The quantitative estimate of drug-likeness (QED) is 0.825. The summed E-state index contributed by atoms with van der Waals surface area (Å²) in [6.07, 6.45) is 2.40. The largest absolute Gasteiger partial charge is 0.347 e. The van der Waals surface area contributed by atoms with Crippen LogP contribution in [-0.2, 0) is 16.1 Å². The molecule has 1 saturated heterocycles. The maximum Gasteiger partial charge on any atom is 0.246 e. The Labute approximate surface area is 152 Å². The van der Waals surface area contributed by atoms with Crippen molar-refractivity contribution in [3.8, 4) is 0 Å². The van der Waals surface area contributed by atoms with Crippen LogP contribution >= 0.6 is 15.9 Å². The lowest BCUT2D eigenvalue weighted by atomic mass is 10.1. The Morgan fingerprint density at radius 1 is 1.40 bits per heavy atom. The molecule has 25 heavy (non-hydrogen) atoms. The molecule has 1 saturated carbocycles. The second-order valence-electron chi connectivity index (χ2n) is 6.42. The van der Waals surface area contributed by atoms with Crippen LogP contribution in [0.4, 0.5) is 5.69 Å². The molecule has 2 aromatic rings. The number of nitrogens with zero attached hydrogens (tertiary/aromatic N) is 3. The molecule has 130 valence electrons. The molecule has 2 aliphatic rings. The van der Waals surface area contributed by atoms with Crippen molar-refractivity contribution in [3.05, 3.63) is 40.5 Å². The van der Waals surface area contributed by atoms with Gasteiger partial charge in [-0.1, -0.05) is 27.2 Å². The lowest BCUT2D eigenvalue weighted by molar-refractivity contribution is -0.126. The summed E-state index contributed by atoms with van der Waals surface area (Å²) in [7, 11) is 0. The minimum Gasteiger partial charge on any atom is -0.347 e. The molecule has 1 atom stereocenters. The van der Waals surface area contributed by atoms with Crippen molar-refractivity contribution in [1.29, 1.82) is 0 Å². The van der Waals surface area contributed by atoms with Gasteiger partial charge in [0, 0.05) is 29.0 Å². The highest BCUT2D eigenvalue weighted by atomic mass is 79.9. The molecule has 1 aliphatic heterocycles. The number of hydrogen-bond donors (Lipinski definition) is 1. The molecular weight excluding hydrogens is 388 g/mol. The molecule has 7 nitrogen and oxygen atoms in total. The van der Waals surface area contributed by atoms with Crippen molar-refractivity contribution in [1.82, 2.24) is 15.5 Å². The summed E-state index contributed by atoms with van der Waals surface area (Å²) in [5.41, 5.74) is 0.792. The predicted molar refractivity (Wildman–Crippen MR) is 92.7 cm³/mol. The summed E-state index contributed by atoms with van der Waals surface area (Å²) in [6.45, 7) is 0.568. The standard InChI is InChI=1S/C17H17BrN4O3/c18-12-2-1-3-13(7-12)22-9-11(6-15(22)23)17(24)19-8-14-20-16(21-25-14)10-4-5-10/h1-3,7,10-11H,4-6,8-9H2,(H,19,24). The van der Waals surface area contributed by atoms with E-state index in [1.165, 1.54) is 0 Å². The van der Waals surface area contributed by atoms with Crippen LogP contribution in [0.2, 0.25) is 0 Å². The first kappa shape index (κ1) is 16.3. The smallest absolute Gasteiger partial charge is 0.246 e. The van der Waals surface area contributed by atoms with E-state index in [9.17, 15) is 9.59 Å². The van der Waals surface area contributed by atoms with E-state index in [0.29, 0.717) is 18.4 Å². The fraction of sp³-hybridized carbons (Fsp3) is 0.412. The normalized spacial score (nSPS) is 20.1. The predicted octanol–water partition coefficient (Wildman–Crippen LogP) is 2.38. The zero-order valence-corrected chi connectivity index (χ0v) is 15.0. The van der Waals surface area contributed by atoms with Gasteiger partial charge in [-0.05, 0) is 31.0 Å². The number of nitrogens with one attached hydrogen (secondary N) is 1. The first-order valence-electron chi connectivity index (χ1n) is 8.26. The molecule has 1 aromatic carbocycles. The van der Waals surface area contributed by atoms with E-state index in [4.69, 9.17) is 4.52 Å². The minimum absolute atomic E-state index is 0.0490. The van der Waals surface area contributed by atoms with Crippen molar-refractivity contribution < 1.29 is 14.1 Å². The summed E-state index contributed by atoms with van der Waals surface area (Å²) in [4.78, 5) is 30.6. The van der Waals surface area contributed by atoms with Crippen molar-refractivity contribution in [2.75, 3.05) is 11.4 Å². The van der Waals surface area contributed by atoms with Crippen LogP contribution in [0.1, 0.15) is 36.9 Å². The van der Waals surface area contributed by atoms with E-state index in [2.05, 4.69) is 31.4 Å². The summed E-state index contributed by atoms with van der Waals surface area (Å²) in [5.74, 6) is 0.949. The lowest BCUT2D eigenvalue weighted by Gasteiger charge is -2.16. The molecule has 0 spiro atoms. The van der Waals surface area contributed by atoms with Gasteiger partial charge < -0.3 is 14.7 Å². The van der Waals surface area contributed by atoms with E-state index in [1.54, 1.807) is 4.90 Å². The van der Waals surface area contributed by atoms with Crippen LogP contribution < -0.4 is 10.2 Å². The number of aromatic nitrogens is 2. The summed E-state index contributed by atoms with van der Waals surface area (Å²) < 4.78 is 6.04. The minimum atomic E-state index is -0.377. The van der Waals surface area contributed by atoms with Gasteiger partial charge in [0.2, 0.25) is 17.7 Å². The van der Waals surface area contributed by atoms with E-state index >= 15 is 0 Å². The monoisotopic (exact) mass is 404 g/mol. The Balaban J connectivity index is 1.35. The number of anilines is 1. The fourth-order valence-corrected chi connectivity index (χ4v) is 3.32. The Hall–Kier alpha value is -2.22. The van der Waals surface area contributed by atoms with E-state index in [1.807, 2.05) is 24.3 Å². The highest BCUT2D eigenvalue weighted by molar-refractivity contribution is 9.10. The lowest BCUT2D eigenvalue weighted by Crippen LogP contribution is -2.32. The number of carbonyl (C=O) groups is 2. The number of hydrogen-bond acceptors (Lipinski definition) is 5. The van der Waals surface area contributed by atoms with Crippen molar-refractivity contribution in [3.63, 3.8) is 0 Å². The number of carbonyl (C=O) groups excluding carboxylic acids is 2. The van der Waals surface area contributed by atoms with E-state index < -0.39 is 0 Å². The number of halogens is 1. The van der Waals surface area contributed by atoms with Crippen LogP contribution in [0.5, 0.6) is 0 Å². The highest BCUT2D eigenvalue weighted by Crippen LogP contribution is 2.38. The first-order valence-corrected chi connectivity index (χ1v) is 9.05. The maximum atomic E-state index is 12.4. The van der Waals surface area contributed by atoms with Crippen LogP contribution in [0.15, 0.2) is 33.3 Å². The molecular formula is C17H17BrN4O3. The van der Waals surface area contributed by atoms with Crippen LogP contribution in [0, 0.1) is 5.92 Å². The van der Waals surface area contributed by atoms with Crippen LogP contribution in [0.25, 0.3) is 0 Å². The van der Waals surface area contributed by atoms with Crippen molar-refractivity contribution in [2.24, 2.45) is 5.92 Å². The average Bonchev–Trinajstić information content (AvgIpc) is 3.21. The summed E-state index contributed by atoms with van der Waals surface area (Å²) in [5, 5.41) is 6.72. The zero-order chi connectivity index (χ0) is 17.4. The molecule has 0 radical (unpaired) electrons. The van der Waals surface area contributed by atoms with Gasteiger partial charge in [-0.3, -0.25) is 9.59 Å². The molecule has 1 aromatic heterocycles. The molecule has 2 heterocycles. The number of benzene rings is 1. The Kier molecular flexibility index (Phi) is 4.29. The van der Waals surface area contributed by atoms with Gasteiger partial charge in [0.05, 0.1) is 12.5 Å². The molecule has 1 unspecified atom stereocenters. The molecule has 2 amide bonds. The topological polar surface area (TPSA) is 88.3 Å². The van der Waals surface area contributed by atoms with Gasteiger partial charge in [-0.2, -0.15) is 4.98 Å². The van der Waals surface area contributed by atoms with Gasteiger partial charge in [0.15, 0.2) is 5.82 Å². The second-order valence-corrected chi connectivity index (χ2v) is 7.34.